The van der Waals surface area contributed by atoms with Crippen LogP contribution in [0.15, 0.2) is 0 Å². The average molecular weight is 270 g/mol. The predicted molar refractivity (Wildman–Crippen MR) is 73.6 cm³/mol. The number of nitrogens with one attached hydrogen (secondary N) is 1. The number of hydrogen-bond acceptors (Lipinski definition) is 3. The lowest BCUT2D eigenvalue weighted by Crippen LogP contribution is -2.51. The van der Waals surface area contributed by atoms with E-state index in [2.05, 4.69) is 17.9 Å². The monoisotopic (exact) mass is 270 g/mol. The molecule has 1 aliphatic carbocycles. The Balaban J connectivity index is 1.99. The lowest BCUT2D eigenvalue weighted by atomic mass is 9.98. The summed E-state index contributed by atoms with van der Waals surface area (Å²) in [6.07, 6.45) is 5.58. The van der Waals surface area contributed by atoms with Gasteiger partial charge < -0.3 is 10.2 Å². The molecular weight excluding hydrogens is 248 g/mol. The van der Waals surface area contributed by atoms with E-state index >= 15 is 0 Å². The van der Waals surface area contributed by atoms with Crippen LogP contribution in [-0.2, 0) is 9.59 Å². The number of thiol groups is 1. The first-order valence-corrected chi connectivity index (χ1v) is 7.37. The van der Waals surface area contributed by atoms with Gasteiger partial charge >= 0.3 is 0 Å². The van der Waals surface area contributed by atoms with Crippen LogP contribution in [0, 0.1) is 5.41 Å². The molecule has 18 heavy (non-hydrogen) atoms. The summed E-state index contributed by atoms with van der Waals surface area (Å²) in [5.41, 5.74) is 0.130. The molecule has 2 aliphatic rings. The molecule has 2 rings (SSSR count). The average Bonchev–Trinajstić information content (AvgIpc) is 3.18. The first kappa shape index (κ1) is 13.7. The van der Waals surface area contributed by atoms with Gasteiger partial charge in [0.15, 0.2) is 0 Å². The molecule has 5 heteroatoms. The van der Waals surface area contributed by atoms with Crippen molar-refractivity contribution in [3.8, 4) is 0 Å². The molecular formula is C13H22N2O2S. The zero-order chi connectivity index (χ0) is 13.2. The van der Waals surface area contributed by atoms with Crippen molar-refractivity contribution in [1.29, 1.82) is 0 Å². The van der Waals surface area contributed by atoms with Gasteiger partial charge in [0.05, 0.1) is 0 Å². The Morgan fingerprint density at radius 2 is 2.11 bits per heavy atom. The molecule has 0 aromatic heterocycles. The topological polar surface area (TPSA) is 49.4 Å². The largest absolute Gasteiger partial charge is 0.357 e. The van der Waals surface area contributed by atoms with Crippen LogP contribution in [0.4, 0.5) is 0 Å². The standard InChI is InChI=1S/C13H22N2O2S/c1-14-12(17)10-4-2-3-7-15(10)11(16)8-13(9-18)5-6-13/h10,18H,2-9H2,1H3,(H,14,17). The summed E-state index contributed by atoms with van der Waals surface area (Å²) in [6, 6.07) is -0.257. The van der Waals surface area contributed by atoms with Crippen LogP contribution in [0.25, 0.3) is 0 Å². The van der Waals surface area contributed by atoms with E-state index < -0.39 is 0 Å². The number of rotatable bonds is 4. The van der Waals surface area contributed by atoms with Crippen molar-refractivity contribution in [3.63, 3.8) is 0 Å². The number of carbonyl (C=O) groups excluding carboxylic acids is 2. The normalized spacial score (nSPS) is 25.7. The number of amides is 2. The fraction of sp³-hybridized carbons (Fsp3) is 0.846. The van der Waals surface area contributed by atoms with Crippen LogP contribution < -0.4 is 5.32 Å². The second kappa shape index (κ2) is 5.51. The van der Waals surface area contributed by atoms with Crippen LogP contribution in [-0.4, -0.2) is 42.1 Å². The molecule has 102 valence electrons. The Hall–Kier alpha value is -0.710. The van der Waals surface area contributed by atoms with E-state index in [4.69, 9.17) is 0 Å². The van der Waals surface area contributed by atoms with Gasteiger partial charge in [-0.25, -0.2) is 0 Å². The molecule has 4 nitrogen and oxygen atoms in total. The van der Waals surface area contributed by atoms with Gasteiger partial charge in [-0.3, -0.25) is 9.59 Å². The van der Waals surface area contributed by atoms with Crippen molar-refractivity contribution in [2.24, 2.45) is 5.41 Å². The maximum Gasteiger partial charge on any atom is 0.242 e. The maximum atomic E-state index is 12.4. The molecule has 0 aromatic rings. The number of piperidine rings is 1. The number of nitrogens with zero attached hydrogens (tertiary/aromatic N) is 1. The second-order valence-electron chi connectivity index (χ2n) is 5.55. The lowest BCUT2D eigenvalue weighted by Gasteiger charge is -2.35. The third-order valence-electron chi connectivity index (χ3n) is 4.19. The molecule has 1 aliphatic heterocycles. The minimum Gasteiger partial charge on any atom is -0.357 e. The molecule has 0 aromatic carbocycles. The lowest BCUT2D eigenvalue weighted by molar-refractivity contribution is -0.142. The van der Waals surface area contributed by atoms with Crippen molar-refractivity contribution in [3.05, 3.63) is 0 Å². The summed E-state index contributed by atoms with van der Waals surface area (Å²) in [5, 5.41) is 2.66. The van der Waals surface area contributed by atoms with E-state index in [1.807, 2.05) is 0 Å². The molecule has 1 N–H and O–H groups in total. The van der Waals surface area contributed by atoms with E-state index in [9.17, 15) is 9.59 Å². The van der Waals surface area contributed by atoms with Gasteiger partial charge in [0, 0.05) is 20.0 Å². The van der Waals surface area contributed by atoms with Crippen molar-refractivity contribution in [1.82, 2.24) is 10.2 Å². The first-order chi connectivity index (χ1) is 8.62. The van der Waals surface area contributed by atoms with Gasteiger partial charge in [0.2, 0.25) is 11.8 Å². The van der Waals surface area contributed by atoms with Gasteiger partial charge in [-0.2, -0.15) is 12.6 Å². The molecule has 2 fully saturated rings. The summed E-state index contributed by atoms with van der Waals surface area (Å²) in [6.45, 7) is 0.722. The third-order valence-corrected chi connectivity index (χ3v) is 4.86. The first-order valence-electron chi connectivity index (χ1n) is 6.74. The summed E-state index contributed by atoms with van der Waals surface area (Å²) >= 11 is 4.33. The molecule has 1 saturated heterocycles. The van der Waals surface area contributed by atoms with Gasteiger partial charge in [0.1, 0.15) is 6.04 Å². The highest BCUT2D eigenvalue weighted by atomic mass is 32.1. The number of likely N-dealkylation sites (N-methyl/N-ethyl adjacent to an activating group) is 1. The smallest absolute Gasteiger partial charge is 0.242 e. The Kier molecular flexibility index (Phi) is 4.20. The molecule has 1 atom stereocenters. The van der Waals surface area contributed by atoms with Crippen molar-refractivity contribution in [2.75, 3.05) is 19.3 Å². The van der Waals surface area contributed by atoms with Gasteiger partial charge in [-0.05, 0) is 43.3 Å². The number of likely N-dealkylation sites (tertiary alicyclic amines) is 1. The fourth-order valence-corrected chi connectivity index (χ4v) is 3.09. The summed E-state index contributed by atoms with van der Waals surface area (Å²) in [4.78, 5) is 26.0. The molecule has 1 unspecified atom stereocenters. The Labute approximate surface area is 114 Å². The van der Waals surface area contributed by atoms with Crippen LogP contribution in [0.1, 0.15) is 38.5 Å². The van der Waals surface area contributed by atoms with E-state index in [0.717, 1.165) is 44.4 Å². The highest BCUT2D eigenvalue weighted by Gasteiger charge is 2.45. The van der Waals surface area contributed by atoms with Crippen molar-refractivity contribution >= 4 is 24.4 Å². The number of hydrogen-bond donors (Lipinski definition) is 2. The molecule has 0 spiro atoms. The minimum absolute atomic E-state index is 0.0289. The molecule has 1 heterocycles. The van der Waals surface area contributed by atoms with Gasteiger partial charge in [-0.1, -0.05) is 0 Å². The van der Waals surface area contributed by atoms with Crippen LogP contribution in [0.3, 0.4) is 0 Å². The van der Waals surface area contributed by atoms with Crippen LogP contribution >= 0.6 is 12.6 Å². The molecule has 1 saturated carbocycles. The SMILES string of the molecule is CNC(=O)C1CCCCN1C(=O)CC1(CS)CC1. The van der Waals surface area contributed by atoms with Crippen molar-refractivity contribution < 1.29 is 9.59 Å². The third kappa shape index (κ3) is 2.82. The molecule has 2 amide bonds. The molecule has 0 bridgehead atoms. The number of carbonyl (C=O) groups is 2. The quantitative estimate of drug-likeness (QED) is 0.755. The molecule has 0 radical (unpaired) electrons. The minimum atomic E-state index is -0.257. The Morgan fingerprint density at radius 1 is 1.39 bits per heavy atom. The maximum absolute atomic E-state index is 12.4. The summed E-state index contributed by atoms with van der Waals surface area (Å²) in [5.74, 6) is 0.880. The van der Waals surface area contributed by atoms with Gasteiger partial charge in [0.25, 0.3) is 0 Å². The van der Waals surface area contributed by atoms with E-state index in [1.54, 1.807) is 11.9 Å². The second-order valence-corrected chi connectivity index (χ2v) is 5.86. The Morgan fingerprint density at radius 3 is 2.67 bits per heavy atom. The van der Waals surface area contributed by atoms with E-state index in [0.29, 0.717) is 6.42 Å². The zero-order valence-electron chi connectivity index (χ0n) is 10.9. The van der Waals surface area contributed by atoms with E-state index in [1.165, 1.54) is 0 Å². The summed E-state index contributed by atoms with van der Waals surface area (Å²) in [7, 11) is 1.63. The highest BCUT2D eigenvalue weighted by Crippen LogP contribution is 2.50. The van der Waals surface area contributed by atoms with Crippen molar-refractivity contribution in [2.45, 2.75) is 44.6 Å². The Bertz CT molecular complexity index is 342. The fourth-order valence-electron chi connectivity index (χ4n) is 2.66. The predicted octanol–water partition coefficient (Wildman–Crippen LogP) is 1.21. The summed E-state index contributed by atoms with van der Waals surface area (Å²) < 4.78 is 0. The zero-order valence-corrected chi connectivity index (χ0v) is 11.8. The van der Waals surface area contributed by atoms with Crippen LogP contribution in [0.2, 0.25) is 0 Å². The highest BCUT2D eigenvalue weighted by molar-refractivity contribution is 7.80. The van der Waals surface area contributed by atoms with Crippen LogP contribution in [0.5, 0.6) is 0 Å². The van der Waals surface area contributed by atoms with E-state index in [-0.39, 0.29) is 23.3 Å². The van der Waals surface area contributed by atoms with Gasteiger partial charge in [-0.15, -0.1) is 0 Å².